The molecule has 0 unspecified atom stereocenters. The number of aromatic nitrogens is 2. The van der Waals surface area contributed by atoms with E-state index in [4.69, 9.17) is 5.73 Å². The van der Waals surface area contributed by atoms with Gasteiger partial charge in [0.15, 0.2) is 5.82 Å². The molecule has 2 rings (SSSR count). The Morgan fingerprint density at radius 3 is 2.94 bits per heavy atom. The molecule has 0 saturated heterocycles. The van der Waals surface area contributed by atoms with Gasteiger partial charge in [-0.25, -0.2) is 14.4 Å². The lowest BCUT2D eigenvalue weighted by Crippen LogP contribution is -1.97. The fraction of sp³-hybridized carbons (Fsp3) is 0. The molecule has 0 saturated carbocycles. The number of nitrogens with zero attached hydrogens (tertiary/aromatic N) is 2. The Kier molecular flexibility index (Phi) is 3.40. The summed E-state index contributed by atoms with van der Waals surface area (Å²) >= 11 is 4.55. The van der Waals surface area contributed by atoms with Crippen LogP contribution in [0.5, 0.6) is 0 Å². The van der Waals surface area contributed by atoms with Crippen LogP contribution >= 0.6 is 27.7 Å². The molecule has 1 aromatic heterocycles. The molecule has 0 aliphatic rings. The van der Waals surface area contributed by atoms with Gasteiger partial charge in [0.25, 0.3) is 0 Å². The zero-order chi connectivity index (χ0) is 11.5. The van der Waals surface area contributed by atoms with Crippen molar-refractivity contribution in [1.29, 1.82) is 0 Å². The van der Waals surface area contributed by atoms with E-state index in [0.717, 1.165) is 15.6 Å². The highest BCUT2D eigenvalue weighted by molar-refractivity contribution is 9.10. The van der Waals surface area contributed by atoms with E-state index in [1.54, 1.807) is 0 Å². The monoisotopic (exact) mass is 299 g/mol. The van der Waals surface area contributed by atoms with Gasteiger partial charge in [0.1, 0.15) is 5.03 Å². The second kappa shape index (κ2) is 4.80. The number of hydrogen-bond acceptors (Lipinski definition) is 4. The van der Waals surface area contributed by atoms with Crippen LogP contribution in [0.25, 0.3) is 0 Å². The van der Waals surface area contributed by atoms with Gasteiger partial charge in [0.05, 0.1) is 6.20 Å². The number of hydrogen-bond donors (Lipinski definition) is 1. The fourth-order valence-electron chi connectivity index (χ4n) is 1.08. The summed E-state index contributed by atoms with van der Waals surface area (Å²) in [6.07, 6.45) is 1.07. The average Bonchev–Trinajstić information content (AvgIpc) is 2.24. The van der Waals surface area contributed by atoms with Crippen molar-refractivity contribution in [2.24, 2.45) is 0 Å². The zero-order valence-electron chi connectivity index (χ0n) is 8.02. The van der Waals surface area contributed by atoms with Crippen molar-refractivity contribution in [2.75, 3.05) is 5.73 Å². The molecule has 0 aliphatic carbocycles. The lowest BCUT2D eigenvalue weighted by Gasteiger charge is -2.02. The van der Waals surface area contributed by atoms with E-state index in [-0.39, 0.29) is 11.0 Å². The number of anilines is 1. The first kappa shape index (κ1) is 11.3. The average molecular weight is 300 g/mol. The van der Waals surface area contributed by atoms with Crippen molar-refractivity contribution < 1.29 is 4.39 Å². The van der Waals surface area contributed by atoms with Crippen LogP contribution in [-0.4, -0.2) is 9.97 Å². The molecule has 0 bridgehead atoms. The smallest absolute Gasteiger partial charge is 0.221 e. The second-order valence-electron chi connectivity index (χ2n) is 2.94. The molecule has 0 amide bonds. The highest BCUT2D eigenvalue weighted by Crippen LogP contribution is 2.29. The first-order valence-electron chi connectivity index (χ1n) is 4.36. The number of halogens is 2. The first-order chi connectivity index (χ1) is 7.65. The molecular formula is C10H7BrFN3S. The zero-order valence-corrected chi connectivity index (χ0v) is 10.4. The van der Waals surface area contributed by atoms with Gasteiger partial charge < -0.3 is 5.73 Å². The maximum absolute atomic E-state index is 13.3. The Morgan fingerprint density at radius 2 is 2.19 bits per heavy atom. The predicted octanol–water partition coefficient (Wildman–Crippen LogP) is 3.11. The third-order valence-electron chi connectivity index (χ3n) is 1.74. The van der Waals surface area contributed by atoms with Crippen LogP contribution in [0.2, 0.25) is 0 Å². The van der Waals surface area contributed by atoms with E-state index in [9.17, 15) is 4.39 Å². The molecule has 2 N–H and O–H groups in total. The molecule has 6 heteroatoms. The lowest BCUT2D eigenvalue weighted by molar-refractivity contribution is 0.580. The van der Waals surface area contributed by atoms with Crippen LogP contribution in [0.15, 0.2) is 44.9 Å². The van der Waals surface area contributed by atoms with Crippen molar-refractivity contribution >= 4 is 33.6 Å². The molecule has 0 radical (unpaired) electrons. The Morgan fingerprint density at radius 1 is 1.38 bits per heavy atom. The minimum absolute atomic E-state index is 0.0684. The van der Waals surface area contributed by atoms with E-state index in [1.807, 2.05) is 24.3 Å². The van der Waals surface area contributed by atoms with E-state index in [2.05, 4.69) is 25.9 Å². The van der Waals surface area contributed by atoms with Gasteiger partial charge in [0.2, 0.25) is 5.95 Å². The van der Waals surface area contributed by atoms with E-state index in [1.165, 1.54) is 11.8 Å². The summed E-state index contributed by atoms with van der Waals surface area (Å²) in [4.78, 5) is 8.29. The normalized spacial score (nSPS) is 10.4. The molecule has 0 aliphatic heterocycles. The summed E-state index contributed by atoms with van der Waals surface area (Å²) in [6, 6.07) is 7.51. The van der Waals surface area contributed by atoms with Crippen molar-refractivity contribution in [3.05, 3.63) is 40.8 Å². The highest BCUT2D eigenvalue weighted by atomic mass is 79.9. The van der Waals surface area contributed by atoms with Crippen LogP contribution in [-0.2, 0) is 0 Å². The second-order valence-corrected chi connectivity index (χ2v) is 4.92. The van der Waals surface area contributed by atoms with Gasteiger partial charge in [-0.1, -0.05) is 33.8 Å². The summed E-state index contributed by atoms with van der Waals surface area (Å²) in [6.45, 7) is 0. The van der Waals surface area contributed by atoms with Crippen molar-refractivity contribution in [3.8, 4) is 0 Å². The minimum Gasteiger partial charge on any atom is -0.368 e. The van der Waals surface area contributed by atoms with Gasteiger partial charge in [-0.2, -0.15) is 0 Å². The number of rotatable bonds is 2. The topological polar surface area (TPSA) is 51.8 Å². The van der Waals surface area contributed by atoms with Crippen molar-refractivity contribution in [1.82, 2.24) is 9.97 Å². The Balaban J connectivity index is 2.30. The van der Waals surface area contributed by atoms with Gasteiger partial charge in [0, 0.05) is 9.37 Å². The Bertz CT molecular complexity index is 521. The number of nitrogens with two attached hydrogens (primary N) is 1. The lowest BCUT2D eigenvalue weighted by atomic mass is 10.4. The minimum atomic E-state index is -0.473. The van der Waals surface area contributed by atoms with Crippen LogP contribution in [0, 0.1) is 5.82 Å². The summed E-state index contributed by atoms with van der Waals surface area (Å²) in [5.41, 5.74) is 5.40. The van der Waals surface area contributed by atoms with Crippen LogP contribution in [0.1, 0.15) is 0 Å². The maximum atomic E-state index is 13.3. The van der Waals surface area contributed by atoms with Gasteiger partial charge in [-0.05, 0) is 18.2 Å². The predicted molar refractivity (Wildman–Crippen MR) is 64.7 cm³/mol. The van der Waals surface area contributed by atoms with Crippen molar-refractivity contribution in [2.45, 2.75) is 9.92 Å². The molecule has 0 spiro atoms. The summed E-state index contributed by atoms with van der Waals surface area (Å²) in [7, 11) is 0. The summed E-state index contributed by atoms with van der Waals surface area (Å²) in [5, 5.41) is 0.227. The molecule has 1 aromatic carbocycles. The number of nitrogen functional groups attached to an aromatic ring is 1. The largest absolute Gasteiger partial charge is 0.368 e. The summed E-state index contributed by atoms with van der Waals surface area (Å²) < 4.78 is 14.3. The van der Waals surface area contributed by atoms with E-state index in [0.29, 0.717) is 0 Å². The van der Waals surface area contributed by atoms with Gasteiger partial charge in [-0.15, -0.1) is 0 Å². The van der Waals surface area contributed by atoms with Gasteiger partial charge in [-0.3, -0.25) is 0 Å². The molecule has 1 heterocycles. The van der Waals surface area contributed by atoms with Gasteiger partial charge >= 0.3 is 0 Å². The molecule has 3 nitrogen and oxygen atoms in total. The Hall–Kier alpha value is -1.14. The third-order valence-corrected chi connectivity index (χ3v) is 3.20. The third kappa shape index (κ3) is 2.70. The quantitative estimate of drug-likeness (QED) is 0.866. The summed E-state index contributed by atoms with van der Waals surface area (Å²) in [5.74, 6) is -0.405. The Labute approximate surface area is 104 Å². The van der Waals surface area contributed by atoms with E-state index >= 15 is 0 Å². The molecule has 0 fully saturated rings. The fourth-order valence-corrected chi connectivity index (χ4v) is 2.47. The highest BCUT2D eigenvalue weighted by Gasteiger charge is 2.07. The molecular weight excluding hydrogens is 293 g/mol. The van der Waals surface area contributed by atoms with E-state index < -0.39 is 5.82 Å². The molecule has 82 valence electrons. The van der Waals surface area contributed by atoms with Crippen LogP contribution < -0.4 is 5.73 Å². The van der Waals surface area contributed by atoms with Crippen LogP contribution in [0.3, 0.4) is 0 Å². The van der Waals surface area contributed by atoms with Crippen LogP contribution in [0.4, 0.5) is 10.3 Å². The van der Waals surface area contributed by atoms with Crippen molar-refractivity contribution in [3.63, 3.8) is 0 Å². The molecule has 0 atom stereocenters. The molecule has 2 aromatic rings. The standard InChI is InChI=1S/C10H7BrFN3S/c11-6-2-1-3-7(4-6)16-9-8(12)5-14-10(13)15-9/h1-5H,(H2,13,14,15). The SMILES string of the molecule is Nc1ncc(F)c(Sc2cccc(Br)c2)n1. The maximum Gasteiger partial charge on any atom is 0.221 e. The number of benzene rings is 1. The first-order valence-corrected chi connectivity index (χ1v) is 5.97. The molecule has 16 heavy (non-hydrogen) atoms.